The number of rotatable bonds is 3. The highest BCUT2D eigenvalue weighted by Gasteiger charge is 2.24. The summed E-state index contributed by atoms with van der Waals surface area (Å²) in [6.07, 6.45) is 4.58. The number of ether oxygens (including phenoxy) is 1. The van der Waals surface area contributed by atoms with Gasteiger partial charge in [0.25, 0.3) is 0 Å². The van der Waals surface area contributed by atoms with Gasteiger partial charge in [0, 0.05) is 6.54 Å². The number of nitrogens with two attached hydrogens (primary N) is 1. The van der Waals surface area contributed by atoms with Crippen molar-refractivity contribution in [2.45, 2.75) is 50.9 Å². The van der Waals surface area contributed by atoms with Crippen molar-refractivity contribution in [3.05, 3.63) is 26.6 Å². The molecule has 1 aliphatic carbocycles. The minimum atomic E-state index is -0.379. The number of aliphatic hydroxyl groups is 1. The van der Waals surface area contributed by atoms with Crippen LogP contribution in [0.3, 0.4) is 0 Å². The third kappa shape index (κ3) is 3.94. The first kappa shape index (κ1) is 15.3. The summed E-state index contributed by atoms with van der Waals surface area (Å²) in [4.78, 5) is 0. The standard InChI is InChI=1S/C14H19Br2NO2/c15-10-6-9(8-17)7-11(16)14(10)19-13-5-3-1-2-4-12(13)18/h6-7,12-13,18H,1-5,8,17H2. The van der Waals surface area contributed by atoms with Crippen LogP contribution in [0.4, 0.5) is 0 Å². The lowest BCUT2D eigenvalue weighted by Gasteiger charge is -2.23. The molecule has 0 heterocycles. The van der Waals surface area contributed by atoms with E-state index in [0.717, 1.165) is 45.9 Å². The molecule has 0 amide bonds. The molecule has 1 saturated carbocycles. The summed E-state index contributed by atoms with van der Waals surface area (Å²) in [6.45, 7) is 0.490. The Bertz CT molecular complexity index is 416. The van der Waals surface area contributed by atoms with Crippen molar-refractivity contribution in [3.63, 3.8) is 0 Å². The number of hydrogen-bond acceptors (Lipinski definition) is 3. The van der Waals surface area contributed by atoms with Gasteiger partial charge in [0.1, 0.15) is 11.9 Å². The Labute approximate surface area is 130 Å². The smallest absolute Gasteiger partial charge is 0.148 e. The zero-order valence-corrected chi connectivity index (χ0v) is 13.9. The van der Waals surface area contributed by atoms with Crippen LogP contribution in [-0.2, 0) is 6.54 Å². The monoisotopic (exact) mass is 391 g/mol. The summed E-state index contributed by atoms with van der Waals surface area (Å²) in [5, 5.41) is 10.1. The second-order valence-corrected chi connectivity index (χ2v) is 6.66. The molecule has 3 nitrogen and oxygen atoms in total. The minimum absolute atomic E-state index is 0.126. The Morgan fingerprint density at radius 1 is 1.16 bits per heavy atom. The predicted molar refractivity (Wildman–Crippen MR) is 83.2 cm³/mol. The Hall–Kier alpha value is -0.100. The highest BCUT2D eigenvalue weighted by atomic mass is 79.9. The molecular formula is C14H19Br2NO2. The molecule has 5 heteroatoms. The van der Waals surface area contributed by atoms with Crippen molar-refractivity contribution >= 4 is 31.9 Å². The fourth-order valence-corrected chi connectivity index (χ4v) is 3.85. The van der Waals surface area contributed by atoms with E-state index in [4.69, 9.17) is 10.5 Å². The normalized spacial score (nSPS) is 24.0. The molecule has 0 bridgehead atoms. The van der Waals surface area contributed by atoms with E-state index >= 15 is 0 Å². The molecular weight excluding hydrogens is 374 g/mol. The van der Waals surface area contributed by atoms with E-state index in [2.05, 4.69) is 31.9 Å². The van der Waals surface area contributed by atoms with Crippen LogP contribution >= 0.6 is 31.9 Å². The van der Waals surface area contributed by atoms with Crippen molar-refractivity contribution in [1.82, 2.24) is 0 Å². The molecule has 2 atom stereocenters. The molecule has 2 unspecified atom stereocenters. The molecule has 0 aromatic heterocycles. The van der Waals surface area contributed by atoms with Gasteiger partial charge < -0.3 is 15.6 Å². The zero-order chi connectivity index (χ0) is 13.8. The van der Waals surface area contributed by atoms with Crippen LogP contribution in [0, 0.1) is 0 Å². The van der Waals surface area contributed by atoms with Gasteiger partial charge in [0.05, 0.1) is 15.0 Å². The van der Waals surface area contributed by atoms with E-state index in [1.165, 1.54) is 6.42 Å². The molecule has 0 aliphatic heterocycles. The maximum atomic E-state index is 10.1. The first-order valence-corrected chi connectivity index (χ1v) is 8.23. The molecule has 0 radical (unpaired) electrons. The highest BCUT2D eigenvalue weighted by molar-refractivity contribution is 9.11. The minimum Gasteiger partial charge on any atom is -0.485 e. The second kappa shape index (κ2) is 7.07. The molecule has 1 fully saturated rings. The van der Waals surface area contributed by atoms with Crippen LogP contribution in [0.1, 0.15) is 37.7 Å². The molecule has 19 heavy (non-hydrogen) atoms. The maximum absolute atomic E-state index is 10.1. The number of halogens is 2. The van der Waals surface area contributed by atoms with Crippen LogP contribution in [0.5, 0.6) is 5.75 Å². The van der Waals surface area contributed by atoms with Crippen LogP contribution < -0.4 is 10.5 Å². The summed E-state index contributed by atoms with van der Waals surface area (Å²) in [6, 6.07) is 3.92. The summed E-state index contributed by atoms with van der Waals surface area (Å²) in [7, 11) is 0. The maximum Gasteiger partial charge on any atom is 0.148 e. The van der Waals surface area contributed by atoms with E-state index in [1.54, 1.807) is 0 Å². The van der Waals surface area contributed by atoms with Gasteiger partial charge in [0.2, 0.25) is 0 Å². The van der Waals surface area contributed by atoms with Crippen LogP contribution in [0.25, 0.3) is 0 Å². The molecule has 1 aliphatic rings. The van der Waals surface area contributed by atoms with Gasteiger partial charge in [-0.15, -0.1) is 0 Å². The van der Waals surface area contributed by atoms with E-state index in [-0.39, 0.29) is 12.2 Å². The van der Waals surface area contributed by atoms with Gasteiger partial charge in [-0.2, -0.15) is 0 Å². The summed E-state index contributed by atoms with van der Waals surface area (Å²) < 4.78 is 7.77. The van der Waals surface area contributed by atoms with E-state index in [9.17, 15) is 5.11 Å². The van der Waals surface area contributed by atoms with E-state index in [0.29, 0.717) is 6.54 Å². The van der Waals surface area contributed by atoms with Gasteiger partial charge >= 0.3 is 0 Å². The third-order valence-corrected chi connectivity index (χ3v) is 4.66. The molecule has 1 aromatic carbocycles. The van der Waals surface area contributed by atoms with Crippen molar-refractivity contribution in [2.24, 2.45) is 5.73 Å². The first-order chi connectivity index (χ1) is 9.11. The Morgan fingerprint density at radius 2 is 1.79 bits per heavy atom. The zero-order valence-electron chi connectivity index (χ0n) is 10.7. The van der Waals surface area contributed by atoms with Crippen LogP contribution in [0.2, 0.25) is 0 Å². The van der Waals surface area contributed by atoms with Gasteiger partial charge in [0.15, 0.2) is 0 Å². The lowest BCUT2D eigenvalue weighted by atomic mass is 10.1. The van der Waals surface area contributed by atoms with Crippen LogP contribution in [0.15, 0.2) is 21.1 Å². The van der Waals surface area contributed by atoms with Gasteiger partial charge in [-0.3, -0.25) is 0 Å². The second-order valence-electron chi connectivity index (χ2n) is 4.95. The molecule has 2 rings (SSSR count). The van der Waals surface area contributed by atoms with Crippen molar-refractivity contribution in [2.75, 3.05) is 0 Å². The van der Waals surface area contributed by atoms with Crippen molar-refractivity contribution < 1.29 is 9.84 Å². The Kier molecular flexibility index (Phi) is 5.69. The molecule has 0 saturated heterocycles. The average molecular weight is 393 g/mol. The predicted octanol–water partition coefficient (Wildman–Crippen LogP) is 3.74. The van der Waals surface area contributed by atoms with Crippen molar-refractivity contribution in [1.29, 1.82) is 0 Å². The Morgan fingerprint density at radius 3 is 2.42 bits per heavy atom. The SMILES string of the molecule is NCc1cc(Br)c(OC2CCCCCC2O)c(Br)c1. The van der Waals surface area contributed by atoms with Gasteiger partial charge in [-0.1, -0.05) is 12.8 Å². The van der Waals surface area contributed by atoms with E-state index < -0.39 is 0 Å². The number of aliphatic hydroxyl groups excluding tert-OH is 1. The fourth-order valence-electron chi connectivity index (χ4n) is 2.39. The van der Waals surface area contributed by atoms with Gasteiger partial charge in [-0.05, 0) is 68.8 Å². The van der Waals surface area contributed by atoms with Crippen molar-refractivity contribution in [3.8, 4) is 5.75 Å². The molecule has 1 aromatic rings. The quantitative estimate of drug-likeness (QED) is 0.770. The summed E-state index contributed by atoms with van der Waals surface area (Å²) >= 11 is 7.03. The topological polar surface area (TPSA) is 55.5 Å². The number of benzene rings is 1. The van der Waals surface area contributed by atoms with Crippen LogP contribution in [-0.4, -0.2) is 17.3 Å². The fraction of sp³-hybridized carbons (Fsp3) is 0.571. The third-order valence-electron chi connectivity index (χ3n) is 3.48. The molecule has 3 N–H and O–H groups in total. The lowest BCUT2D eigenvalue weighted by molar-refractivity contribution is 0.0311. The highest BCUT2D eigenvalue weighted by Crippen LogP contribution is 2.37. The van der Waals surface area contributed by atoms with E-state index in [1.807, 2.05) is 12.1 Å². The van der Waals surface area contributed by atoms with Gasteiger partial charge in [-0.25, -0.2) is 0 Å². The molecule has 0 spiro atoms. The summed E-state index contributed by atoms with van der Waals surface area (Å²) in [5.74, 6) is 0.753. The Balaban J connectivity index is 2.17. The summed E-state index contributed by atoms with van der Waals surface area (Å²) in [5.41, 5.74) is 6.68. The lowest BCUT2D eigenvalue weighted by Crippen LogP contribution is -2.30. The average Bonchev–Trinajstić information content (AvgIpc) is 2.58. The molecule has 106 valence electrons. The largest absolute Gasteiger partial charge is 0.485 e. The number of hydrogen-bond donors (Lipinski definition) is 2. The first-order valence-electron chi connectivity index (χ1n) is 6.64.